The maximum absolute atomic E-state index is 11.6. The van der Waals surface area contributed by atoms with Crippen LogP contribution in [0.15, 0.2) is 29.4 Å². The van der Waals surface area contributed by atoms with Gasteiger partial charge >= 0.3 is 0 Å². The van der Waals surface area contributed by atoms with Crippen molar-refractivity contribution in [2.24, 2.45) is 0 Å². The highest BCUT2D eigenvalue weighted by molar-refractivity contribution is 7.89. The number of pyridine rings is 1. The highest BCUT2D eigenvalue weighted by atomic mass is 35.5. The van der Waals surface area contributed by atoms with E-state index in [1.165, 1.54) is 18.5 Å². The smallest absolute Gasteiger partial charge is 0.242 e. The second-order valence-electron chi connectivity index (χ2n) is 2.98. The van der Waals surface area contributed by atoms with E-state index in [9.17, 15) is 8.42 Å². The summed E-state index contributed by atoms with van der Waals surface area (Å²) < 4.78 is 25.7. The quantitative estimate of drug-likeness (QED) is 0.611. The lowest BCUT2D eigenvalue weighted by atomic mass is 10.3. The average Bonchev–Trinajstić information content (AvgIpc) is 2.26. The van der Waals surface area contributed by atoms with Crippen molar-refractivity contribution in [2.45, 2.75) is 17.7 Å². The molecule has 0 fully saturated rings. The van der Waals surface area contributed by atoms with E-state index in [1.54, 1.807) is 6.07 Å². The fourth-order valence-electron chi connectivity index (χ4n) is 1.02. The van der Waals surface area contributed by atoms with Crippen LogP contribution in [0.2, 0.25) is 0 Å². The van der Waals surface area contributed by atoms with Gasteiger partial charge in [-0.15, -0.1) is 11.6 Å². The standard InChI is InChI=1S/C9H13ClN2O2S/c10-5-1-2-7-12-15(13,14)9-4-3-6-11-8-9/h3-4,6,8,12H,1-2,5,7H2. The zero-order valence-corrected chi connectivity index (χ0v) is 9.76. The predicted molar refractivity (Wildman–Crippen MR) is 59.4 cm³/mol. The first-order valence-electron chi connectivity index (χ1n) is 4.62. The van der Waals surface area contributed by atoms with Crippen molar-refractivity contribution in [1.82, 2.24) is 9.71 Å². The Morgan fingerprint density at radius 3 is 2.80 bits per heavy atom. The lowest BCUT2D eigenvalue weighted by Crippen LogP contribution is -2.24. The van der Waals surface area contributed by atoms with E-state index < -0.39 is 10.0 Å². The molecule has 4 nitrogen and oxygen atoms in total. The number of halogens is 1. The lowest BCUT2D eigenvalue weighted by molar-refractivity contribution is 0.578. The first-order chi connectivity index (χ1) is 7.17. The van der Waals surface area contributed by atoms with Crippen molar-refractivity contribution in [3.05, 3.63) is 24.5 Å². The van der Waals surface area contributed by atoms with E-state index in [1.807, 2.05) is 0 Å². The monoisotopic (exact) mass is 248 g/mol. The molecule has 0 aliphatic heterocycles. The van der Waals surface area contributed by atoms with Crippen LogP contribution >= 0.6 is 11.6 Å². The highest BCUT2D eigenvalue weighted by Gasteiger charge is 2.12. The van der Waals surface area contributed by atoms with Crippen LogP contribution in [0.5, 0.6) is 0 Å². The van der Waals surface area contributed by atoms with E-state index in [0.717, 1.165) is 12.8 Å². The van der Waals surface area contributed by atoms with Gasteiger partial charge in [0.2, 0.25) is 10.0 Å². The molecule has 0 bridgehead atoms. The summed E-state index contributed by atoms with van der Waals surface area (Å²) in [7, 11) is -3.40. The number of nitrogens with zero attached hydrogens (tertiary/aromatic N) is 1. The molecule has 0 aromatic carbocycles. The third-order valence-electron chi connectivity index (χ3n) is 1.80. The molecule has 0 saturated heterocycles. The molecule has 15 heavy (non-hydrogen) atoms. The number of alkyl halides is 1. The van der Waals surface area contributed by atoms with Crippen LogP contribution in [-0.4, -0.2) is 25.8 Å². The second kappa shape index (κ2) is 6.05. The number of rotatable bonds is 6. The summed E-state index contributed by atoms with van der Waals surface area (Å²) in [6.07, 6.45) is 4.40. The predicted octanol–water partition coefficient (Wildman–Crippen LogP) is 1.38. The number of hydrogen-bond acceptors (Lipinski definition) is 3. The largest absolute Gasteiger partial charge is 0.263 e. The first kappa shape index (κ1) is 12.4. The van der Waals surface area contributed by atoms with Crippen LogP contribution in [-0.2, 0) is 10.0 Å². The van der Waals surface area contributed by atoms with Crippen LogP contribution in [0.1, 0.15) is 12.8 Å². The summed E-state index contributed by atoms with van der Waals surface area (Å²) in [5.41, 5.74) is 0. The molecule has 0 saturated carbocycles. The minimum absolute atomic E-state index is 0.191. The second-order valence-corrected chi connectivity index (χ2v) is 5.13. The number of hydrogen-bond donors (Lipinski definition) is 1. The third-order valence-corrected chi connectivity index (χ3v) is 3.51. The third kappa shape index (κ3) is 4.15. The molecule has 0 spiro atoms. The maximum Gasteiger partial charge on any atom is 0.242 e. The first-order valence-corrected chi connectivity index (χ1v) is 6.64. The van der Waals surface area contributed by atoms with Crippen LogP contribution in [0.4, 0.5) is 0 Å². The molecule has 1 rings (SSSR count). The number of nitrogens with one attached hydrogen (secondary N) is 1. The summed E-state index contributed by atoms with van der Waals surface area (Å²) >= 11 is 5.48. The van der Waals surface area contributed by atoms with Crippen molar-refractivity contribution < 1.29 is 8.42 Å². The molecular weight excluding hydrogens is 236 g/mol. The van der Waals surface area contributed by atoms with Gasteiger partial charge in [0.25, 0.3) is 0 Å². The van der Waals surface area contributed by atoms with Gasteiger partial charge in [0.1, 0.15) is 4.90 Å². The van der Waals surface area contributed by atoms with E-state index in [-0.39, 0.29) is 4.90 Å². The normalized spacial score (nSPS) is 11.5. The molecule has 0 aliphatic rings. The van der Waals surface area contributed by atoms with Gasteiger partial charge in [0, 0.05) is 24.8 Å². The van der Waals surface area contributed by atoms with Gasteiger partial charge in [-0.1, -0.05) is 0 Å². The van der Waals surface area contributed by atoms with Gasteiger partial charge < -0.3 is 0 Å². The lowest BCUT2D eigenvalue weighted by Gasteiger charge is -2.04. The Morgan fingerprint density at radius 1 is 1.40 bits per heavy atom. The zero-order valence-electron chi connectivity index (χ0n) is 8.19. The maximum atomic E-state index is 11.6. The van der Waals surface area contributed by atoms with Gasteiger partial charge in [0.05, 0.1) is 0 Å². The van der Waals surface area contributed by atoms with Crippen molar-refractivity contribution in [1.29, 1.82) is 0 Å². The summed E-state index contributed by atoms with van der Waals surface area (Å²) in [5.74, 6) is 0.550. The van der Waals surface area contributed by atoms with Crippen molar-refractivity contribution >= 4 is 21.6 Å². The van der Waals surface area contributed by atoms with Crippen molar-refractivity contribution in [2.75, 3.05) is 12.4 Å². The topological polar surface area (TPSA) is 59.1 Å². The number of sulfonamides is 1. The van der Waals surface area contributed by atoms with Gasteiger partial charge in [-0.2, -0.15) is 0 Å². The molecular formula is C9H13ClN2O2S. The Kier molecular flexibility index (Phi) is 5.01. The van der Waals surface area contributed by atoms with Crippen LogP contribution < -0.4 is 4.72 Å². The molecule has 1 heterocycles. The molecule has 0 unspecified atom stereocenters. The summed E-state index contributed by atoms with van der Waals surface area (Å²) in [6.45, 7) is 0.407. The minimum atomic E-state index is -3.40. The molecule has 84 valence electrons. The number of aromatic nitrogens is 1. The average molecular weight is 249 g/mol. The Labute approximate surface area is 94.7 Å². The van der Waals surface area contributed by atoms with Crippen molar-refractivity contribution in [3.8, 4) is 0 Å². The Bertz CT molecular complexity index is 380. The molecule has 0 amide bonds. The molecule has 0 aliphatic carbocycles. The fraction of sp³-hybridized carbons (Fsp3) is 0.444. The zero-order chi connectivity index (χ0) is 11.1. The van der Waals surface area contributed by atoms with Crippen LogP contribution in [0, 0.1) is 0 Å². The SMILES string of the molecule is O=S(=O)(NCCCCCl)c1cccnc1. The van der Waals surface area contributed by atoms with E-state index >= 15 is 0 Å². The molecule has 0 radical (unpaired) electrons. The molecule has 1 aromatic rings. The van der Waals surface area contributed by atoms with E-state index in [0.29, 0.717) is 12.4 Å². The minimum Gasteiger partial charge on any atom is -0.263 e. The van der Waals surface area contributed by atoms with E-state index in [4.69, 9.17) is 11.6 Å². The van der Waals surface area contributed by atoms with Crippen molar-refractivity contribution in [3.63, 3.8) is 0 Å². The summed E-state index contributed by atoms with van der Waals surface area (Å²) in [4.78, 5) is 3.95. The van der Waals surface area contributed by atoms with Crippen LogP contribution in [0.25, 0.3) is 0 Å². The van der Waals surface area contributed by atoms with Gasteiger partial charge in [0.15, 0.2) is 0 Å². The Morgan fingerprint density at radius 2 is 2.20 bits per heavy atom. The van der Waals surface area contributed by atoms with Crippen LogP contribution in [0.3, 0.4) is 0 Å². The van der Waals surface area contributed by atoms with E-state index in [2.05, 4.69) is 9.71 Å². The van der Waals surface area contributed by atoms with Gasteiger partial charge in [-0.25, -0.2) is 13.1 Å². The molecule has 1 aromatic heterocycles. The summed E-state index contributed by atoms with van der Waals surface area (Å²) in [6, 6.07) is 3.10. The summed E-state index contributed by atoms with van der Waals surface area (Å²) in [5, 5.41) is 0. The Hall–Kier alpha value is -0.650. The fourth-order valence-corrected chi connectivity index (χ4v) is 2.24. The van der Waals surface area contributed by atoms with Gasteiger partial charge in [-0.05, 0) is 25.0 Å². The Balaban J connectivity index is 2.53. The number of unbranched alkanes of at least 4 members (excludes halogenated alkanes) is 1. The highest BCUT2D eigenvalue weighted by Crippen LogP contribution is 2.05. The molecule has 6 heteroatoms. The molecule has 0 atom stereocenters. The van der Waals surface area contributed by atoms with Gasteiger partial charge in [-0.3, -0.25) is 4.98 Å². The molecule has 1 N–H and O–H groups in total.